The van der Waals surface area contributed by atoms with Gasteiger partial charge in [-0.05, 0) is 17.7 Å². The highest BCUT2D eigenvalue weighted by molar-refractivity contribution is 5.79. The molecule has 1 aromatic heterocycles. The van der Waals surface area contributed by atoms with Crippen LogP contribution in [-0.2, 0) is 6.54 Å². The van der Waals surface area contributed by atoms with E-state index in [1.807, 2.05) is 18.2 Å². The maximum absolute atomic E-state index is 8.83. The molecule has 22 heavy (non-hydrogen) atoms. The third kappa shape index (κ3) is 2.44. The Morgan fingerprint density at radius 3 is 2.41 bits per heavy atom. The van der Waals surface area contributed by atoms with Gasteiger partial charge in [0, 0.05) is 12.1 Å². The Labute approximate surface area is 127 Å². The zero-order valence-electron chi connectivity index (χ0n) is 12.3. The molecule has 0 radical (unpaired) electrons. The number of ether oxygens (including phenoxy) is 2. The van der Waals surface area contributed by atoms with E-state index in [0.717, 1.165) is 16.6 Å². The molecule has 3 rings (SSSR count). The summed E-state index contributed by atoms with van der Waals surface area (Å²) in [5.41, 5.74) is 3.28. The summed E-state index contributed by atoms with van der Waals surface area (Å²) in [5, 5.41) is 17.2. The summed E-state index contributed by atoms with van der Waals surface area (Å²) in [6.07, 6.45) is 0. The zero-order valence-corrected chi connectivity index (χ0v) is 12.3. The van der Waals surface area contributed by atoms with Crippen molar-refractivity contribution in [2.75, 3.05) is 14.2 Å². The van der Waals surface area contributed by atoms with Crippen molar-refractivity contribution < 1.29 is 9.47 Å². The van der Waals surface area contributed by atoms with Gasteiger partial charge in [-0.25, -0.2) is 4.68 Å². The molecule has 0 aliphatic carbocycles. The number of fused-ring (bicyclic) bond motifs is 1. The van der Waals surface area contributed by atoms with E-state index < -0.39 is 0 Å². The molecule has 6 heteroatoms. The maximum atomic E-state index is 8.83. The number of rotatable bonds is 4. The number of methoxy groups -OCH3 is 2. The molecule has 0 N–H and O–H groups in total. The maximum Gasteiger partial charge on any atom is 0.163 e. The van der Waals surface area contributed by atoms with Gasteiger partial charge in [0.05, 0.1) is 37.9 Å². The molecule has 0 saturated heterocycles. The number of hydrogen-bond donors (Lipinski definition) is 0. The van der Waals surface area contributed by atoms with E-state index in [-0.39, 0.29) is 0 Å². The van der Waals surface area contributed by atoms with Crippen molar-refractivity contribution >= 4 is 11.0 Å². The van der Waals surface area contributed by atoms with Crippen LogP contribution in [0.1, 0.15) is 11.1 Å². The van der Waals surface area contributed by atoms with Crippen molar-refractivity contribution in [1.82, 2.24) is 15.0 Å². The third-order valence-electron chi connectivity index (χ3n) is 3.43. The van der Waals surface area contributed by atoms with E-state index in [4.69, 9.17) is 14.7 Å². The van der Waals surface area contributed by atoms with E-state index in [1.165, 1.54) is 0 Å². The normalized spacial score (nSPS) is 10.4. The number of benzene rings is 2. The van der Waals surface area contributed by atoms with Gasteiger partial charge in [0.15, 0.2) is 11.5 Å². The highest BCUT2D eigenvalue weighted by Gasteiger charge is 2.11. The molecule has 0 aliphatic rings. The Morgan fingerprint density at radius 2 is 1.77 bits per heavy atom. The third-order valence-corrected chi connectivity index (χ3v) is 3.43. The average Bonchev–Trinajstić information content (AvgIpc) is 2.96. The molecule has 3 aromatic rings. The first kappa shape index (κ1) is 13.9. The minimum atomic E-state index is 0.567. The van der Waals surface area contributed by atoms with Gasteiger partial charge >= 0.3 is 0 Å². The molecule has 6 nitrogen and oxygen atoms in total. The largest absolute Gasteiger partial charge is 0.493 e. The molecular weight excluding hydrogens is 280 g/mol. The summed E-state index contributed by atoms with van der Waals surface area (Å²) in [6.45, 7) is 0.567. The van der Waals surface area contributed by atoms with Crippen LogP contribution in [0, 0.1) is 11.3 Å². The van der Waals surface area contributed by atoms with Gasteiger partial charge in [-0.15, -0.1) is 5.10 Å². The fourth-order valence-electron chi connectivity index (χ4n) is 2.27. The van der Waals surface area contributed by atoms with E-state index in [0.29, 0.717) is 23.6 Å². The lowest BCUT2D eigenvalue weighted by Crippen LogP contribution is -2.02. The molecule has 0 bridgehead atoms. The van der Waals surface area contributed by atoms with Gasteiger partial charge in [0.2, 0.25) is 0 Å². The summed E-state index contributed by atoms with van der Waals surface area (Å²) >= 11 is 0. The minimum absolute atomic E-state index is 0.567. The Balaban J connectivity index is 1.98. The van der Waals surface area contributed by atoms with E-state index in [9.17, 15) is 0 Å². The lowest BCUT2D eigenvalue weighted by Gasteiger charge is -2.08. The predicted octanol–water partition coefficient (Wildman–Crippen LogP) is 2.37. The molecule has 0 amide bonds. The van der Waals surface area contributed by atoms with Crippen LogP contribution in [0.5, 0.6) is 11.5 Å². The van der Waals surface area contributed by atoms with Crippen molar-refractivity contribution in [3.05, 3.63) is 47.5 Å². The summed E-state index contributed by atoms with van der Waals surface area (Å²) in [7, 11) is 3.18. The lowest BCUT2D eigenvalue weighted by molar-refractivity contribution is 0.355. The summed E-state index contributed by atoms with van der Waals surface area (Å²) in [4.78, 5) is 0. The Morgan fingerprint density at radius 1 is 1.09 bits per heavy atom. The topological polar surface area (TPSA) is 73.0 Å². The van der Waals surface area contributed by atoms with Crippen LogP contribution in [0.4, 0.5) is 0 Å². The van der Waals surface area contributed by atoms with Gasteiger partial charge in [0.25, 0.3) is 0 Å². The van der Waals surface area contributed by atoms with Crippen LogP contribution in [0.3, 0.4) is 0 Å². The van der Waals surface area contributed by atoms with Crippen molar-refractivity contribution in [3.8, 4) is 17.6 Å². The Bertz CT molecular complexity index is 847. The lowest BCUT2D eigenvalue weighted by atomic mass is 10.1. The molecule has 0 saturated carbocycles. The second-order valence-electron chi connectivity index (χ2n) is 4.75. The predicted molar refractivity (Wildman–Crippen MR) is 80.9 cm³/mol. The van der Waals surface area contributed by atoms with Crippen molar-refractivity contribution in [1.29, 1.82) is 5.26 Å². The molecular formula is C16H14N4O2. The van der Waals surface area contributed by atoms with E-state index in [2.05, 4.69) is 16.4 Å². The molecule has 0 atom stereocenters. The first-order valence-electron chi connectivity index (χ1n) is 6.69. The second-order valence-corrected chi connectivity index (χ2v) is 4.75. The highest BCUT2D eigenvalue weighted by Crippen LogP contribution is 2.31. The van der Waals surface area contributed by atoms with Crippen LogP contribution >= 0.6 is 0 Å². The van der Waals surface area contributed by atoms with E-state index >= 15 is 0 Å². The molecule has 0 unspecified atom stereocenters. The van der Waals surface area contributed by atoms with Crippen LogP contribution in [0.25, 0.3) is 11.0 Å². The van der Waals surface area contributed by atoms with Crippen molar-refractivity contribution in [3.63, 3.8) is 0 Å². The molecule has 0 aliphatic heterocycles. The number of nitrogens with zero attached hydrogens (tertiary/aromatic N) is 4. The molecule has 110 valence electrons. The summed E-state index contributed by atoms with van der Waals surface area (Å²) in [6, 6.07) is 13.2. The van der Waals surface area contributed by atoms with Gasteiger partial charge in [-0.3, -0.25) is 0 Å². The standard InChI is InChI=1S/C16H14N4O2/c1-21-15-7-13-14(8-16(15)22-2)20(19-18-13)10-12-5-3-11(9-17)4-6-12/h3-8H,10H2,1-2H3. The Hall–Kier alpha value is -3.07. The first-order valence-corrected chi connectivity index (χ1v) is 6.69. The van der Waals surface area contributed by atoms with Crippen LogP contribution in [0.2, 0.25) is 0 Å². The van der Waals surface area contributed by atoms with Gasteiger partial charge in [-0.2, -0.15) is 5.26 Å². The fraction of sp³-hybridized carbons (Fsp3) is 0.188. The monoisotopic (exact) mass is 294 g/mol. The SMILES string of the molecule is COc1cc2nnn(Cc3ccc(C#N)cc3)c2cc1OC. The molecule has 0 spiro atoms. The van der Waals surface area contributed by atoms with Crippen molar-refractivity contribution in [2.45, 2.75) is 6.54 Å². The number of nitriles is 1. The second kappa shape index (κ2) is 5.74. The first-order chi connectivity index (χ1) is 10.7. The molecule has 1 heterocycles. The zero-order chi connectivity index (χ0) is 15.5. The smallest absolute Gasteiger partial charge is 0.163 e. The Kier molecular flexibility index (Phi) is 3.62. The quantitative estimate of drug-likeness (QED) is 0.738. The van der Waals surface area contributed by atoms with E-state index in [1.54, 1.807) is 37.1 Å². The van der Waals surface area contributed by atoms with Gasteiger partial charge < -0.3 is 9.47 Å². The summed E-state index contributed by atoms with van der Waals surface area (Å²) < 4.78 is 12.4. The van der Waals surface area contributed by atoms with Crippen molar-refractivity contribution in [2.24, 2.45) is 0 Å². The van der Waals surface area contributed by atoms with Gasteiger partial charge in [-0.1, -0.05) is 17.3 Å². The van der Waals surface area contributed by atoms with Crippen LogP contribution in [-0.4, -0.2) is 29.2 Å². The molecule has 2 aromatic carbocycles. The summed E-state index contributed by atoms with van der Waals surface area (Å²) in [5.74, 6) is 1.26. The highest BCUT2D eigenvalue weighted by atomic mass is 16.5. The fourth-order valence-corrected chi connectivity index (χ4v) is 2.27. The van der Waals surface area contributed by atoms with Crippen LogP contribution < -0.4 is 9.47 Å². The number of aromatic nitrogens is 3. The van der Waals surface area contributed by atoms with Crippen LogP contribution in [0.15, 0.2) is 36.4 Å². The number of hydrogen-bond acceptors (Lipinski definition) is 5. The van der Waals surface area contributed by atoms with Gasteiger partial charge in [0.1, 0.15) is 5.52 Å². The average molecular weight is 294 g/mol. The molecule has 0 fully saturated rings. The minimum Gasteiger partial charge on any atom is -0.493 e.